The molecule has 0 N–H and O–H groups in total. The van der Waals surface area contributed by atoms with Crippen LogP contribution in [0.5, 0.6) is 0 Å². The van der Waals surface area contributed by atoms with Crippen molar-refractivity contribution in [2.75, 3.05) is 19.8 Å². The second-order valence-electron chi connectivity index (χ2n) is 9.54. The van der Waals surface area contributed by atoms with Gasteiger partial charge in [0.25, 0.3) is 6.09 Å². The van der Waals surface area contributed by atoms with Crippen LogP contribution >= 0.6 is 0 Å². The van der Waals surface area contributed by atoms with E-state index in [4.69, 9.17) is 9.16 Å². The smallest absolute Gasteiger partial charge is 0.258 e. The Kier molecular flexibility index (Phi) is 6.35. The van der Waals surface area contributed by atoms with Gasteiger partial charge in [0.1, 0.15) is 18.7 Å². The van der Waals surface area contributed by atoms with Gasteiger partial charge in [-0.3, -0.25) is 4.48 Å². The summed E-state index contributed by atoms with van der Waals surface area (Å²) < 4.78 is 12.1. The number of amides is 1. The molecule has 0 spiro atoms. The molecular weight excluding hydrogens is 322 g/mol. The first-order valence-electron chi connectivity index (χ1n) is 9.04. The average molecular weight is 360 g/mol. The van der Waals surface area contributed by atoms with Crippen LogP contribution in [0.3, 0.4) is 0 Å². The Hall–Kier alpha value is -0.433. The van der Waals surface area contributed by atoms with Gasteiger partial charge < -0.3 is 19.1 Å². The van der Waals surface area contributed by atoms with E-state index in [0.29, 0.717) is 26.2 Å². The molecule has 0 bridgehead atoms. The van der Waals surface area contributed by atoms with Crippen molar-refractivity contribution in [3.63, 3.8) is 0 Å². The van der Waals surface area contributed by atoms with Crippen molar-refractivity contribution in [1.29, 1.82) is 0 Å². The second-order valence-corrected chi connectivity index (χ2v) is 14.3. The Balaban J connectivity index is 3.13. The van der Waals surface area contributed by atoms with Gasteiger partial charge in [-0.2, -0.15) is 0 Å². The number of rotatable bonds is 5. The van der Waals surface area contributed by atoms with Gasteiger partial charge >= 0.3 is 0 Å². The molecule has 0 saturated carbocycles. The van der Waals surface area contributed by atoms with Crippen LogP contribution in [0.4, 0.5) is 4.79 Å². The first-order chi connectivity index (χ1) is 10.7. The first kappa shape index (κ1) is 21.6. The van der Waals surface area contributed by atoms with Crippen molar-refractivity contribution in [1.82, 2.24) is 0 Å². The Morgan fingerprint density at radius 2 is 1.75 bits per heavy atom. The summed E-state index contributed by atoms with van der Waals surface area (Å²) in [6.07, 6.45) is -0.375. The molecule has 1 aliphatic rings. The molecule has 0 aliphatic carbocycles. The summed E-state index contributed by atoms with van der Waals surface area (Å²) in [5, 5.41) is 12.3. The van der Waals surface area contributed by atoms with E-state index in [-0.39, 0.29) is 21.7 Å². The number of ether oxygens (including phenoxy) is 1. The molecule has 0 aromatic rings. The van der Waals surface area contributed by atoms with Crippen LogP contribution in [0.2, 0.25) is 18.1 Å². The lowest BCUT2D eigenvalue weighted by atomic mass is 10.00. The summed E-state index contributed by atoms with van der Waals surface area (Å²) in [7, 11) is -1.95. The number of hydrogen-bond acceptors (Lipinski definition) is 4. The van der Waals surface area contributed by atoms with E-state index in [1.807, 2.05) is 27.7 Å². The molecule has 1 rings (SSSR count). The number of carboxylic acid groups (broad SMARTS) is 1. The minimum atomic E-state index is -1.95. The van der Waals surface area contributed by atoms with E-state index in [1.165, 1.54) is 0 Å². The predicted molar refractivity (Wildman–Crippen MR) is 97.2 cm³/mol. The van der Waals surface area contributed by atoms with Crippen molar-refractivity contribution in [3.8, 4) is 0 Å². The summed E-state index contributed by atoms with van der Waals surface area (Å²) in [4.78, 5) is 12.2. The molecule has 1 fully saturated rings. The fourth-order valence-electron chi connectivity index (χ4n) is 3.48. The maximum atomic E-state index is 12.2. The Bertz CT molecular complexity index is 453. The third-order valence-corrected chi connectivity index (χ3v) is 10.5. The van der Waals surface area contributed by atoms with Gasteiger partial charge in [0.05, 0.1) is 12.1 Å². The highest BCUT2D eigenvalue weighted by molar-refractivity contribution is 6.74. The molecule has 1 amide bonds. The molecule has 24 heavy (non-hydrogen) atoms. The van der Waals surface area contributed by atoms with Crippen LogP contribution in [-0.2, 0) is 9.16 Å². The zero-order valence-corrected chi connectivity index (χ0v) is 18.1. The van der Waals surface area contributed by atoms with Gasteiger partial charge in [0, 0.05) is 13.0 Å². The minimum absolute atomic E-state index is 0.0616. The van der Waals surface area contributed by atoms with E-state index >= 15 is 0 Å². The maximum absolute atomic E-state index is 12.2. The molecule has 0 aromatic heterocycles. The molecule has 6 heteroatoms. The molecule has 142 valence electrons. The van der Waals surface area contributed by atoms with Crippen molar-refractivity contribution in [2.24, 2.45) is 0 Å². The van der Waals surface area contributed by atoms with Crippen LogP contribution in [0.15, 0.2) is 0 Å². The van der Waals surface area contributed by atoms with Crippen LogP contribution in [0, 0.1) is 0 Å². The molecule has 5 nitrogen and oxygen atoms in total. The Morgan fingerprint density at radius 1 is 1.21 bits per heavy atom. The molecular formula is C18H37NO4Si. The van der Waals surface area contributed by atoms with Gasteiger partial charge in [-0.15, -0.1) is 0 Å². The fraction of sp³-hybridized carbons (Fsp3) is 0.944. The number of nitrogens with zero attached hydrogens (tertiary/aromatic N) is 1. The maximum Gasteiger partial charge on any atom is 0.258 e. The standard InChI is InChI=1S/C18H37NO4Si/c1-10-22-13-14-11-15(23-24(8,9)18(5,6)7)12-19(14,16(20)21)17(2,3)4/h14-15H,10-13H2,1-9H3/t14-,15+,19?/m1/s1. The first-order valence-corrected chi connectivity index (χ1v) is 11.9. The van der Waals surface area contributed by atoms with Crippen LogP contribution < -0.4 is 5.11 Å². The minimum Gasteiger partial charge on any atom is -0.498 e. The number of carbonyl (C=O) groups excluding carboxylic acids is 1. The van der Waals surface area contributed by atoms with E-state index < -0.39 is 19.9 Å². The largest absolute Gasteiger partial charge is 0.498 e. The molecule has 0 aromatic carbocycles. The van der Waals surface area contributed by atoms with Gasteiger partial charge in [-0.1, -0.05) is 20.8 Å². The lowest BCUT2D eigenvalue weighted by Gasteiger charge is -2.49. The fourth-order valence-corrected chi connectivity index (χ4v) is 4.83. The number of likely N-dealkylation sites (tertiary alicyclic amines) is 1. The second kappa shape index (κ2) is 7.06. The lowest BCUT2D eigenvalue weighted by molar-refractivity contribution is -0.931. The number of hydrogen-bond donors (Lipinski definition) is 0. The van der Waals surface area contributed by atoms with Crippen molar-refractivity contribution in [2.45, 2.75) is 90.7 Å². The molecule has 3 atom stereocenters. The van der Waals surface area contributed by atoms with Crippen LogP contribution in [0.25, 0.3) is 0 Å². The zero-order chi connectivity index (χ0) is 19.0. The van der Waals surface area contributed by atoms with E-state index in [1.54, 1.807) is 0 Å². The highest BCUT2D eigenvalue weighted by atomic mass is 28.4. The monoisotopic (exact) mass is 359 g/mol. The predicted octanol–water partition coefficient (Wildman–Crippen LogP) is 3.14. The molecule has 1 aliphatic heterocycles. The normalized spacial score (nSPS) is 29.0. The quantitative estimate of drug-likeness (QED) is 0.559. The summed E-state index contributed by atoms with van der Waals surface area (Å²) in [6.45, 7) is 20.4. The topological polar surface area (TPSA) is 58.6 Å². The zero-order valence-electron chi connectivity index (χ0n) is 17.1. The van der Waals surface area contributed by atoms with E-state index in [9.17, 15) is 9.90 Å². The molecule has 1 saturated heterocycles. The molecule has 0 radical (unpaired) electrons. The summed E-state index contributed by atoms with van der Waals surface area (Å²) in [6, 6.07) is -0.135. The van der Waals surface area contributed by atoms with Gasteiger partial charge in [0.2, 0.25) is 0 Å². The average Bonchev–Trinajstić information content (AvgIpc) is 2.73. The summed E-state index contributed by atoms with van der Waals surface area (Å²) in [5.74, 6) is 0. The van der Waals surface area contributed by atoms with Gasteiger partial charge in [-0.05, 0) is 45.8 Å². The van der Waals surface area contributed by atoms with Crippen molar-refractivity contribution in [3.05, 3.63) is 0 Å². The molecule has 1 heterocycles. The lowest BCUT2D eigenvalue weighted by Crippen LogP contribution is -2.71. The number of quaternary nitrogens is 1. The van der Waals surface area contributed by atoms with Crippen molar-refractivity contribution >= 4 is 14.4 Å². The van der Waals surface area contributed by atoms with E-state index in [2.05, 4.69) is 33.9 Å². The summed E-state index contributed by atoms with van der Waals surface area (Å²) in [5.41, 5.74) is -0.466. The third kappa shape index (κ3) is 4.03. The molecule has 1 unspecified atom stereocenters. The SMILES string of the molecule is CCOC[C@H]1C[C@H](O[Si](C)(C)C(C)(C)C)C[N+]1(C(=O)[O-])C(C)(C)C. The number of carbonyl (C=O) groups is 1. The summed E-state index contributed by atoms with van der Waals surface area (Å²) >= 11 is 0. The highest BCUT2D eigenvalue weighted by Gasteiger charge is 2.57. The van der Waals surface area contributed by atoms with Crippen LogP contribution in [0.1, 0.15) is 54.9 Å². The van der Waals surface area contributed by atoms with Gasteiger partial charge in [0.15, 0.2) is 8.32 Å². The highest BCUT2D eigenvalue weighted by Crippen LogP contribution is 2.42. The van der Waals surface area contributed by atoms with E-state index in [0.717, 1.165) is 0 Å². The van der Waals surface area contributed by atoms with Crippen molar-refractivity contribution < 1.29 is 23.5 Å². The Labute approximate surface area is 149 Å². The third-order valence-electron chi connectivity index (χ3n) is 5.95. The van der Waals surface area contributed by atoms with Crippen LogP contribution in [-0.4, -0.2) is 56.3 Å². The van der Waals surface area contributed by atoms with Gasteiger partial charge in [-0.25, -0.2) is 0 Å². The Morgan fingerprint density at radius 3 is 2.12 bits per heavy atom.